The molecule has 1 fully saturated rings. The van der Waals surface area contributed by atoms with Crippen molar-refractivity contribution >= 4 is 51.0 Å². The zero-order valence-corrected chi connectivity index (χ0v) is 24.8. The lowest BCUT2D eigenvalue weighted by atomic mass is 9.94. The van der Waals surface area contributed by atoms with Gasteiger partial charge in [-0.1, -0.05) is 35.7 Å². The van der Waals surface area contributed by atoms with Crippen LogP contribution < -0.4 is 14.8 Å². The highest BCUT2D eigenvalue weighted by Crippen LogP contribution is 2.43. The number of nitrogens with zero attached hydrogens (tertiary/aromatic N) is 3. The number of ether oxygens (including phenoxy) is 3. The molecule has 0 bridgehead atoms. The molecule has 8 nitrogen and oxygen atoms in total. The Kier molecular flexibility index (Phi) is 8.69. The lowest BCUT2D eigenvalue weighted by Gasteiger charge is -2.30. The Morgan fingerprint density at radius 1 is 1.15 bits per heavy atom. The predicted octanol–water partition coefficient (Wildman–Crippen LogP) is 7.49. The van der Waals surface area contributed by atoms with Crippen molar-refractivity contribution in [2.75, 3.05) is 11.9 Å². The topological polar surface area (TPSA) is 87.5 Å². The summed E-state index contributed by atoms with van der Waals surface area (Å²) < 4.78 is 20.5. The standard InChI is InChI=1S/C28H29BrCl2N4O4/c1-3-37-23-12-18(11-21(29)26(23)38-14-17-9-10-19(30)13-22(17)31)25-24(16(2)34-28-32-15-33-35(25)28)27(36)39-20-7-5-4-6-8-20/h9-13,15,20,25H,3-8,14H2,1-2H3,(H,32,33,34). The van der Waals surface area contributed by atoms with Gasteiger partial charge in [0.1, 0.15) is 25.1 Å². The summed E-state index contributed by atoms with van der Waals surface area (Å²) in [5, 5.41) is 8.71. The van der Waals surface area contributed by atoms with Crippen LogP contribution >= 0.6 is 39.1 Å². The first kappa shape index (κ1) is 27.8. The number of aromatic nitrogens is 3. The lowest BCUT2D eigenvalue weighted by Crippen LogP contribution is -2.32. The van der Waals surface area contributed by atoms with Crippen LogP contribution in [0.1, 0.15) is 63.1 Å². The second kappa shape index (κ2) is 12.2. The Morgan fingerprint density at radius 3 is 2.69 bits per heavy atom. The Balaban J connectivity index is 1.50. The highest BCUT2D eigenvalue weighted by molar-refractivity contribution is 9.10. The summed E-state index contributed by atoms with van der Waals surface area (Å²) in [7, 11) is 0. The number of carbonyl (C=O) groups is 1. The molecule has 1 N–H and O–H groups in total. The first-order valence-corrected chi connectivity index (χ1v) is 14.5. The van der Waals surface area contributed by atoms with E-state index in [4.69, 9.17) is 37.4 Å². The van der Waals surface area contributed by atoms with Gasteiger partial charge in [-0.2, -0.15) is 10.1 Å². The smallest absolute Gasteiger partial charge is 0.338 e. The molecule has 2 aliphatic rings. The molecule has 0 radical (unpaired) electrons. The molecule has 39 heavy (non-hydrogen) atoms. The minimum Gasteiger partial charge on any atom is -0.490 e. The molecule has 0 saturated heterocycles. The van der Waals surface area contributed by atoms with Crippen LogP contribution in [0.3, 0.4) is 0 Å². The van der Waals surface area contributed by atoms with Crippen LogP contribution in [0.15, 0.2) is 52.4 Å². The Hall–Kier alpha value is -2.75. The molecule has 1 aromatic heterocycles. The van der Waals surface area contributed by atoms with Gasteiger partial charge in [0.2, 0.25) is 5.95 Å². The van der Waals surface area contributed by atoms with Gasteiger partial charge in [0.25, 0.3) is 0 Å². The van der Waals surface area contributed by atoms with Crippen LogP contribution in [0.4, 0.5) is 5.95 Å². The van der Waals surface area contributed by atoms with Crippen molar-refractivity contribution in [1.82, 2.24) is 14.8 Å². The van der Waals surface area contributed by atoms with Crippen LogP contribution in [0, 0.1) is 0 Å². The molecule has 0 spiro atoms. The largest absolute Gasteiger partial charge is 0.490 e. The molecule has 11 heteroatoms. The van der Waals surface area contributed by atoms with Gasteiger partial charge in [-0.15, -0.1) is 0 Å². The zero-order chi connectivity index (χ0) is 27.5. The lowest BCUT2D eigenvalue weighted by molar-refractivity contribution is -0.146. The fraction of sp³-hybridized carbons (Fsp3) is 0.393. The molecule has 1 unspecified atom stereocenters. The van der Waals surface area contributed by atoms with Crippen molar-refractivity contribution in [3.05, 3.63) is 73.6 Å². The van der Waals surface area contributed by atoms with Gasteiger partial charge < -0.3 is 19.5 Å². The first-order valence-electron chi connectivity index (χ1n) is 13.0. The van der Waals surface area contributed by atoms with E-state index < -0.39 is 6.04 Å². The molecule has 2 aromatic carbocycles. The first-order chi connectivity index (χ1) is 18.9. The van der Waals surface area contributed by atoms with Crippen molar-refractivity contribution in [3.63, 3.8) is 0 Å². The average molecular weight is 636 g/mol. The van der Waals surface area contributed by atoms with Crippen LogP contribution in [-0.4, -0.2) is 33.4 Å². The molecule has 0 amide bonds. The quantitative estimate of drug-likeness (QED) is 0.257. The molecule has 1 atom stereocenters. The maximum absolute atomic E-state index is 13.6. The third kappa shape index (κ3) is 6.05. The molecule has 2 heterocycles. The molecule has 1 aliphatic carbocycles. The minimum atomic E-state index is -0.574. The van der Waals surface area contributed by atoms with E-state index in [0.29, 0.717) is 49.8 Å². The number of anilines is 1. The van der Waals surface area contributed by atoms with Gasteiger partial charge >= 0.3 is 5.97 Å². The molecule has 1 aliphatic heterocycles. The van der Waals surface area contributed by atoms with Gasteiger partial charge in [0.15, 0.2) is 11.5 Å². The summed E-state index contributed by atoms with van der Waals surface area (Å²) in [4.78, 5) is 17.9. The van der Waals surface area contributed by atoms with Crippen LogP contribution in [0.25, 0.3) is 0 Å². The SMILES string of the molecule is CCOc1cc(C2C(C(=O)OC3CCCCC3)=C(C)Nc3ncnn32)cc(Br)c1OCc1ccc(Cl)cc1Cl. The second-order valence-corrected chi connectivity index (χ2v) is 11.2. The summed E-state index contributed by atoms with van der Waals surface area (Å²) in [5.74, 6) is 1.22. The van der Waals surface area contributed by atoms with Crippen LogP contribution in [0.2, 0.25) is 10.0 Å². The number of carbonyl (C=O) groups excluding carboxylic acids is 1. The maximum Gasteiger partial charge on any atom is 0.338 e. The average Bonchev–Trinajstić information content (AvgIpc) is 3.37. The number of rotatable bonds is 8. The highest BCUT2D eigenvalue weighted by Gasteiger charge is 2.36. The number of halogens is 3. The summed E-state index contributed by atoms with van der Waals surface area (Å²) in [6.45, 7) is 4.39. The maximum atomic E-state index is 13.6. The third-order valence-corrected chi connectivity index (χ3v) is 8.05. The fourth-order valence-corrected chi connectivity index (χ4v) is 6.04. The van der Waals surface area contributed by atoms with Crippen molar-refractivity contribution < 1.29 is 19.0 Å². The Bertz CT molecular complexity index is 1400. The summed E-state index contributed by atoms with van der Waals surface area (Å²) >= 11 is 16.1. The number of fused-ring (bicyclic) bond motifs is 1. The Labute approximate surface area is 245 Å². The second-order valence-electron chi connectivity index (χ2n) is 9.55. The van der Waals surface area contributed by atoms with E-state index in [2.05, 4.69) is 31.3 Å². The number of esters is 1. The summed E-state index contributed by atoms with van der Waals surface area (Å²) in [6, 6.07) is 8.48. The molecular weight excluding hydrogens is 607 g/mol. The van der Waals surface area contributed by atoms with Gasteiger partial charge in [0.05, 0.1) is 16.7 Å². The molecular formula is C28H29BrCl2N4O4. The molecule has 1 saturated carbocycles. The molecule has 5 rings (SSSR count). The molecule has 206 valence electrons. The van der Waals surface area contributed by atoms with E-state index in [-0.39, 0.29) is 18.7 Å². The van der Waals surface area contributed by atoms with E-state index >= 15 is 0 Å². The van der Waals surface area contributed by atoms with Crippen LogP contribution in [-0.2, 0) is 16.1 Å². The predicted molar refractivity (Wildman–Crippen MR) is 154 cm³/mol. The number of nitrogens with one attached hydrogen (secondary N) is 1. The monoisotopic (exact) mass is 634 g/mol. The van der Waals surface area contributed by atoms with E-state index in [1.54, 1.807) is 16.8 Å². The van der Waals surface area contributed by atoms with Crippen LogP contribution in [0.5, 0.6) is 11.5 Å². The van der Waals surface area contributed by atoms with Crippen molar-refractivity contribution in [2.24, 2.45) is 0 Å². The van der Waals surface area contributed by atoms with Crippen molar-refractivity contribution in [3.8, 4) is 11.5 Å². The summed E-state index contributed by atoms with van der Waals surface area (Å²) in [5.41, 5.74) is 2.71. The number of allylic oxidation sites excluding steroid dienone is 1. The van der Waals surface area contributed by atoms with E-state index in [0.717, 1.165) is 36.8 Å². The van der Waals surface area contributed by atoms with Crippen molar-refractivity contribution in [2.45, 2.75) is 64.7 Å². The number of benzene rings is 2. The fourth-order valence-electron chi connectivity index (χ4n) is 5.00. The summed E-state index contributed by atoms with van der Waals surface area (Å²) in [6.07, 6.45) is 6.46. The zero-order valence-electron chi connectivity index (χ0n) is 21.7. The van der Waals surface area contributed by atoms with E-state index in [1.807, 2.05) is 32.0 Å². The highest BCUT2D eigenvalue weighted by atomic mass is 79.9. The van der Waals surface area contributed by atoms with Gasteiger partial charge in [-0.3, -0.25) is 0 Å². The molecule has 3 aromatic rings. The van der Waals surface area contributed by atoms with Crippen molar-refractivity contribution in [1.29, 1.82) is 0 Å². The number of hydrogen-bond donors (Lipinski definition) is 1. The van der Waals surface area contributed by atoms with E-state index in [9.17, 15) is 4.79 Å². The number of hydrogen-bond acceptors (Lipinski definition) is 7. The minimum absolute atomic E-state index is 0.0782. The van der Waals surface area contributed by atoms with E-state index in [1.165, 1.54) is 12.7 Å². The third-order valence-electron chi connectivity index (χ3n) is 6.87. The Morgan fingerprint density at radius 2 is 1.95 bits per heavy atom. The van der Waals surface area contributed by atoms with Gasteiger partial charge in [-0.25, -0.2) is 9.48 Å². The normalized spacial score (nSPS) is 17.4. The van der Waals surface area contributed by atoms with Gasteiger partial charge in [-0.05, 0) is 85.3 Å². The van der Waals surface area contributed by atoms with Gasteiger partial charge in [0, 0.05) is 21.3 Å².